The fourth-order valence-electron chi connectivity index (χ4n) is 5.48. The Labute approximate surface area is 180 Å². The molecule has 2 aliphatic rings. The molecule has 3 rings (SSSR count). The van der Waals surface area contributed by atoms with E-state index in [1.807, 2.05) is 0 Å². The van der Waals surface area contributed by atoms with Gasteiger partial charge in [-0.15, -0.1) is 0 Å². The third-order valence-corrected chi connectivity index (χ3v) is 7.40. The van der Waals surface area contributed by atoms with Gasteiger partial charge in [-0.2, -0.15) is 0 Å². The van der Waals surface area contributed by atoms with E-state index in [1.165, 1.54) is 63.8 Å². The lowest BCUT2D eigenvalue weighted by molar-refractivity contribution is 0.0134. The number of nitrogens with one attached hydrogen (secondary N) is 1. The van der Waals surface area contributed by atoms with Crippen LogP contribution in [0, 0.1) is 17.8 Å². The van der Waals surface area contributed by atoms with Gasteiger partial charge in [0, 0.05) is 44.8 Å². The van der Waals surface area contributed by atoms with E-state index in [-0.39, 0.29) is 0 Å². The van der Waals surface area contributed by atoms with Crippen LogP contribution in [-0.2, 0) is 6.54 Å². The summed E-state index contributed by atoms with van der Waals surface area (Å²) >= 11 is 0. The van der Waals surface area contributed by atoms with Gasteiger partial charge in [0.15, 0.2) is 0 Å². The fourth-order valence-corrected chi connectivity index (χ4v) is 5.48. The van der Waals surface area contributed by atoms with Crippen LogP contribution >= 0.6 is 0 Å². The van der Waals surface area contributed by atoms with E-state index >= 15 is 0 Å². The van der Waals surface area contributed by atoms with Crippen LogP contribution in [0.5, 0.6) is 0 Å². The van der Waals surface area contributed by atoms with Gasteiger partial charge in [0.2, 0.25) is 0 Å². The first-order valence-corrected chi connectivity index (χ1v) is 12.3. The summed E-state index contributed by atoms with van der Waals surface area (Å²) in [5.74, 6) is 2.41. The van der Waals surface area contributed by atoms with Crippen molar-refractivity contribution in [3.8, 4) is 0 Å². The van der Waals surface area contributed by atoms with Crippen molar-refractivity contribution in [3.63, 3.8) is 0 Å². The zero-order valence-corrected chi connectivity index (χ0v) is 19.4. The highest BCUT2D eigenvalue weighted by Gasteiger charge is 2.33. The Morgan fingerprint density at radius 1 is 1.00 bits per heavy atom. The van der Waals surface area contributed by atoms with Crippen molar-refractivity contribution < 1.29 is 0 Å². The number of rotatable bonds is 10. The van der Waals surface area contributed by atoms with E-state index in [4.69, 9.17) is 0 Å². The monoisotopic (exact) mass is 399 g/mol. The largest absolute Gasteiger partial charge is 0.311 e. The van der Waals surface area contributed by atoms with E-state index < -0.39 is 0 Å². The molecule has 1 aromatic rings. The molecule has 1 saturated carbocycles. The third kappa shape index (κ3) is 6.80. The molecular formula is C26H45N3. The standard InChI is InChI=1S/C26H45N3/c1-21(2)25(19-27-18-24-12-6-5-7-13-24)29-17-16-28(26(20-29)22(3)4)15-14-23-10-8-9-11-23/h5-7,12-13,21-23,25-27H,8-11,14-20H2,1-4H3/t25-,26-/m0/s1. The van der Waals surface area contributed by atoms with Crippen LogP contribution in [0.4, 0.5) is 0 Å². The molecule has 2 atom stereocenters. The van der Waals surface area contributed by atoms with Crippen molar-refractivity contribution in [2.75, 3.05) is 32.7 Å². The van der Waals surface area contributed by atoms with E-state index in [1.54, 1.807) is 0 Å². The Balaban J connectivity index is 1.52. The van der Waals surface area contributed by atoms with Crippen molar-refractivity contribution in [1.29, 1.82) is 0 Å². The highest BCUT2D eigenvalue weighted by atomic mass is 15.3. The van der Waals surface area contributed by atoms with Gasteiger partial charge >= 0.3 is 0 Å². The van der Waals surface area contributed by atoms with Gasteiger partial charge in [0.05, 0.1) is 0 Å². The van der Waals surface area contributed by atoms with Gasteiger partial charge < -0.3 is 5.32 Å². The quantitative estimate of drug-likeness (QED) is 0.596. The highest BCUT2D eigenvalue weighted by Crippen LogP contribution is 2.29. The fraction of sp³-hybridized carbons (Fsp3) is 0.769. The van der Waals surface area contributed by atoms with Crippen molar-refractivity contribution in [1.82, 2.24) is 15.1 Å². The van der Waals surface area contributed by atoms with E-state index in [0.29, 0.717) is 18.0 Å². The van der Waals surface area contributed by atoms with Gasteiger partial charge in [-0.25, -0.2) is 0 Å². The summed E-state index contributed by atoms with van der Waals surface area (Å²) in [6, 6.07) is 12.1. The maximum absolute atomic E-state index is 3.74. The van der Waals surface area contributed by atoms with Gasteiger partial charge in [-0.1, -0.05) is 83.7 Å². The third-order valence-electron chi connectivity index (χ3n) is 7.40. The molecule has 1 aliphatic heterocycles. The summed E-state index contributed by atoms with van der Waals surface area (Å²) in [4.78, 5) is 5.62. The normalized spacial score (nSPS) is 23.3. The Morgan fingerprint density at radius 3 is 2.38 bits per heavy atom. The Morgan fingerprint density at radius 2 is 1.72 bits per heavy atom. The molecule has 164 valence electrons. The van der Waals surface area contributed by atoms with Crippen molar-refractivity contribution in [2.45, 2.75) is 78.4 Å². The second-order valence-corrected chi connectivity index (χ2v) is 10.2. The van der Waals surface area contributed by atoms with E-state index in [9.17, 15) is 0 Å². The minimum absolute atomic E-state index is 0.622. The lowest BCUT2D eigenvalue weighted by Crippen LogP contribution is -2.60. The van der Waals surface area contributed by atoms with Crippen LogP contribution in [0.2, 0.25) is 0 Å². The molecule has 0 bridgehead atoms. The molecule has 1 aliphatic carbocycles. The van der Waals surface area contributed by atoms with Crippen LogP contribution in [0.25, 0.3) is 0 Å². The molecule has 29 heavy (non-hydrogen) atoms. The van der Waals surface area contributed by atoms with E-state index in [0.717, 1.165) is 24.9 Å². The average Bonchev–Trinajstić information content (AvgIpc) is 3.24. The molecule has 0 aromatic heterocycles. The minimum atomic E-state index is 0.622. The minimum Gasteiger partial charge on any atom is -0.311 e. The number of benzene rings is 1. The summed E-state index contributed by atoms with van der Waals surface area (Å²) in [7, 11) is 0. The molecule has 0 unspecified atom stereocenters. The summed E-state index contributed by atoms with van der Waals surface area (Å²) in [5, 5.41) is 3.74. The van der Waals surface area contributed by atoms with Gasteiger partial charge in [-0.3, -0.25) is 9.80 Å². The molecule has 2 fully saturated rings. The predicted molar refractivity (Wildman–Crippen MR) is 125 cm³/mol. The summed E-state index contributed by atoms with van der Waals surface area (Å²) in [5.41, 5.74) is 1.38. The smallest absolute Gasteiger partial charge is 0.0246 e. The first kappa shape index (κ1) is 22.8. The molecule has 1 saturated heterocycles. The van der Waals surface area contributed by atoms with Crippen LogP contribution in [-0.4, -0.2) is 54.6 Å². The molecule has 3 nitrogen and oxygen atoms in total. The maximum Gasteiger partial charge on any atom is 0.0246 e. The van der Waals surface area contributed by atoms with Crippen LogP contribution < -0.4 is 5.32 Å². The molecule has 1 heterocycles. The zero-order chi connectivity index (χ0) is 20.6. The Kier molecular flexibility index (Phi) is 9.02. The van der Waals surface area contributed by atoms with Gasteiger partial charge in [-0.05, 0) is 36.3 Å². The van der Waals surface area contributed by atoms with Crippen molar-refractivity contribution in [3.05, 3.63) is 35.9 Å². The molecule has 0 amide bonds. The summed E-state index contributed by atoms with van der Waals surface area (Å²) in [6.45, 7) is 16.7. The predicted octanol–water partition coefficient (Wildman–Crippen LogP) is 5.02. The SMILES string of the molecule is CC(C)[C@@H]1CN([C@@H](CNCc2ccccc2)C(C)C)CCN1CCC1CCCC1. The maximum atomic E-state index is 3.74. The molecule has 1 aromatic carbocycles. The Hall–Kier alpha value is -0.900. The highest BCUT2D eigenvalue weighted by molar-refractivity contribution is 5.14. The summed E-state index contributed by atoms with van der Waals surface area (Å²) < 4.78 is 0. The second-order valence-electron chi connectivity index (χ2n) is 10.2. The molecular weight excluding hydrogens is 354 g/mol. The number of piperazine rings is 1. The van der Waals surface area contributed by atoms with Gasteiger partial charge in [0.1, 0.15) is 0 Å². The van der Waals surface area contributed by atoms with Crippen molar-refractivity contribution >= 4 is 0 Å². The van der Waals surface area contributed by atoms with Crippen LogP contribution in [0.3, 0.4) is 0 Å². The first-order valence-electron chi connectivity index (χ1n) is 12.3. The molecule has 1 N–H and O–H groups in total. The topological polar surface area (TPSA) is 18.5 Å². The zero-order valence-electron chi connectivity index (χ0n) is 19.4. The summed E-state index contributed by atoms with van der Waals surface area (Å²) in [6.07, 6.45) is 7.33. The molecule has 0 radical (unpaired) electrons. The van der Waals surface area contributed by atoms with E-state index in [2.05, 4.69) is 73.1 Å². The number of hydrogen-bond acceptors (Lipinski definition) is 3. The first-order chi connectivity index (χ1) is 14.0. The Bertz CT molecular complexity index is 565. The molecule has 3 heteroatoms. The molecule has 0 spiro atoms. The lowest BCUT2D eigenvalue weighted by atomic mass is 9.94. The average molecular weight is 400 g/mol. The van der Waals surface area contributed by atoms with Crippen LogP contribution in [0.1, 0.15) is 65.4 Å². The number of hydrogen-bond donors (Lipinski definition) is 1. The van der Waals surface area contributed by atoms with Crippen LogP contribution in [0.15, 0.2) is 30.3 Å². The lowest BCUT2D eigenvalue weighted by Gasteiger charge is -2.47. The van der Waals surface area contributed by atoms with Gasteiger partial charge in [0.25, 0.3) is 0 Å². The van der Waals surface area contributed by atoms with Crippen molar-refractivity contribution in [2.24, 2.45) is 17.8 Å². The number of nitrogens with zero attached hydrogens (tertiary/aromatic N) is 2. The second kappa shape index (κ2) is 11.5.